The number of fused-ring (bicyclic) bond motifs is 1. The van der Waals surface area contributed by atoms with Crippen LogP contribution in [0.4, 0.5) is 10.5 Å². The molecular formula is C19H26N4O2S. The van der Waals surface area contributed by atoms with Crippen molar-refractivity contribution in [2.75, 3.05) is 31.5 Å². The molecule has 0 unspecified atom stereocenters. The number of nitrogens with one attached hydrogen (secondary N) is 1. The van der Waals surface area contributed by atoms with Crippen LogP contribution < -0.4 is 5.32 Å². The normalized spacial score (nSPS) is 17.3. The molecule has 0 saturated carbocycles. The molecule has 1 fully saturated rings. The molecule has 1 aliphatic rings. The fourth-order valence-electron chi connectivity index (χ4n) is 3.48. The minimum Gasteiger partial charge on any atom is -0.343 e. The van der Waals surface area contributed by atoms with Crippen molar-refractivity contribution in [2.45, 2.75) is 33.6 Å². The van der Waals surface area contributed by atoms with Crippen LogP contribution in [-0.4, -0.2) is 52.9 Å². The molecule has 1 N–H and O–H groups in total. The van der Waals surface area contributed by atoms with Crippen LogP contribution in [-0.2, 0) is 4.79 Å². The van der Waals surface area contributed by atoms with Gasteiger partial charge in [-0.15, -0.1) is 11.3 Å². The van der Waals surface area contributed by atoms with Crippen LogP contribution in [0.5, 0.6) is 0 Å². The van der Waals surface area contributed by atoms with Gasteiger partial charge in [-0.05, 0) is 51.8 Å². The molecule has 1 aliphatic heterocycles. The lowest BCUT2D eigenvalue weighted by atomic mass is 9.96. The Hall–Kier alpha value is -2.15. The number of rotatable bonds is 4. The highest BCUT2D eigenvalue weighted by Gasteiger charge is 2.30. The van der Waals surface area contributed by atoms with Crippen molar-refractivity contribution in [1.82, 2.24) is 14.8 Å². The van der Waals surface area contributed by atoms with E-state index in [2.05, 4.69) is 10.3 Å². The van der Waals surface area contributed by atoms with Crippen LogP contribution in [0.2, 0.25) is 0 Å². The second-order valence-electron chi connectivity index (χ2n) is 6.64. The third kappa shape index (κ3) is 3.98. The second-order valence-corrected chi connectivity index (χ2v) is 7.88. The summed E-state index contributed by atoms with van der Waals surface area (Å²) >= 11 is 1.62. The van der Waals surface area contributed by atoms with Gasteiger partial charge in [-0.25, -0.2) is 9.78 Å². The molecule has 0 radical (unpaired) electrons. The number of amides is 3. The summed E-state index contributed by atoms with van der Waals surface area (Å²) in [6.07, 6.45) is 1.71. The first-order chi connectivity index (χ1) is 12.5. The van der Waals surface area contributed by atoms with E-state index in [1.54, 1.807) is 16.2 Å². The summed E-state index contributed by atoms with van der Waals surface area (Å²) in [7, 11) is 0. The predicted octanol–water partition coefficient (Wildman–Crippen LogP) is 3.72. The first kappa shape index (κ1) is 18.6. The lowest BCUT2D eigenvalue weighted by Gasteiger charge is -2.34. The Kier molecular flexibility index (Phi) is 5.76. The highest BCUT2D eigenvalue weighted by molar-refractivity contribution is 7.18. The zero-order valence-corrected chi connectivity index (χ0v) is 16.4. The van der Waals surface area contributed by atoms with Gasteiger partial charge < -0.3 is 15.1 Å². The van der Waals surface area contributed by atoms with Gasteiger partial charge in [0.25, 0.3) is 0 Å². The predicted molar refractivity (Wildman–Crippen MR) is 106 cm³/mol. The average molecular weight is 375 g/mol. The van der Waals surface area contributed by atoms with Crippen molar-refractivity contribution < 1.29 is 9.59 Å². The maximum atomic E-state index is 12.7. The summed E-state index contributed by atoms with van der Waals surface area (Å²) in [4.78, 5) is 33.3. The van der Waals surface area contributed by atoms with Gasteiger partial charge in [-0.2, -0.15) is 0 Å². The van der Waals surface area contributed by atoms with Crippen molar-refractivity contribution in [3.8, 4) is 0 Å². The summed E-state index contributed by atoms with van der Waals surface area (Å²) in [6, 6.07) is 5.63. The molecule has 2 heterocycles. The largest absolute Gasteiger partial charge is 0.343 e. The summed E-state index contributed by atoms with van der Waals surface area (Å²) in [5.41, 5.74) is 1.72. The maximum absolute atomic E-state index is 12.7. The van der Waals surface area contributed by atoms with Crippen LogP contribution in [0, 0.1) is 12.8 Å². The van der Waals surface area contributed by atoms with Crippen LogP contribution in [0.25, 0.3) is 10.2 Å². The fourth-order valence-corrected chi connectivity index (χ4v) is 4.34. The minimum absolute atomic E-state index is 0.0963. The topological polar surface area (TPSA) is 65.5 Å². The number of piperidine rings is 1. The second kappa shape index (κ2) is 8.03. The number of anilines is 1. The molecule has 1 aromatic carbocycles. The lowest BCUT2D eigenvalue weighted by Crippen LogP contribution is -2.47. The van der Waals surface area contributed by atoms with Gasteiger partial charge in [0.2, 0.25) is 5.91 Å². The van der Waals surface area contributed by atoms with Gasteiger partial charge in [0, 0.05) is 31.9 Å². The first-order valence-corrected chi connectivity index (χ1v) is 10.0. The molecule has 2 aromatic rings. The Bertz CT molecular complexity index is 800. The summed E-state index contributed by atoms with van der Waals surface area (Å²) in [5.74, 6) is 0.0649. The number of likely N-dealkylation sites (tertiary alicyclic amines) is 1. The van der Waals surface area contributed by atoms with Gasteiger partial charge in [-0.1, -0.05) is 0 Å². The number of hydrogen-bond donors (Lipinski definition) is 1. The highest BCUT2D eigenvalue weighted by Crippen LogP contribution is 2.25. The van der Waals surface area contributed by atoms with Crippen LogP contribution >= 0.6 is 11.3 Å². The molecule has 3 rings (SSSR count). The van der Waals surface area contributed by atoms with Crippen molar-refractivity contribution in [3.05, 3.63) is 23.2 Å². The van der Waals surface area contributed by atoms with Crippen LogP contribution in [0.1, 0.15) is 31.7 Å². The Morgan fingerprint density at radius 3 is 2.85 bits per heavy atom. The number of nitrogens with zero attached hydrogens (tertiary/aromatic N) is 3. The molecule has 0 spiro atoms. The zero-order chi connectivity index (χ0) is 18.7. The van der Waals surface area contributed by atoms with Gasteiger partial charge in [0.1, 0.15) is 0 Å². The molecule has 0 aliphatic carbocycles. The average Bonchev–Trinajstić information content (AvgIpc) is 3.02. The molecule has 6 nitrogen and oxygen atoms in total. The maximum Gasteiger partial charge on any atom is 0.321 e. The van der Waals surface area contributed by atoms with Gasteiger partial charge >= 0.3 is 6.03 Å². The molecule has 26 heavy (non-hydrogen) atoms. The molecule has 140 valence electrons. The van der Waals surface area contributed by atoms with E-state index < -0.39 is 0 Å². The van der Waals surface area contributed by atoms with E-state index in [0.717, 1.165) is 33.8 Å². The molecule has 1 aromatic heterocycles. The van der Waals surface area contributed by atoms with E-state index in [9.17, 15) is 9.59 Å². The standard InChI is InChI=1S/C19H26N4O2S/c1-4-22(5-2)18(24)14-7-6-10-23(12-14)19(25)21-15-8-9-16-17(11-15)26-13(3)20-16/h8-9,11,14H,4-7,10,12H2,1-3H3,(H,21,25)/t14-/m0/s1. The highest BCUT2D eigenvalue weighted by atomic mass is 32.1. The van der Waals surface area contributed by atoms with Gasteiger partial charge in [0.15, 0.2) is 0 Å². The third-order valence-electron chi connectivity index (χ3n) is 4.88. The number of benzene rings is 1. The Labute approximate surface area is 158 Å². The molecule has 1 atom stereocenters. The quantitative estimate of drug-likeness (QED) is 0.887. The number of hydrogen-bond acceptors (Lipinski definition) is 4. The first-order valence-electron chi connectivity index (χ1n) is 9.23. The van der Waals surface area contributed by atoms with Crippen molar-refractivity contribution in [2.24, 2.45) is 5.92 Å². The Balaban J connectivity index is 1.65. The van der Waals surface area contributed by atoms with Gasteiger partial charge in [0.05, 0.1) is 21.1 Å². The Morgan fingerprint density at radius 1 is 1.35 bits per heavy atom. The number of thiazole rings is 1. The van der Waals surface area contributed by atoms with Crippen molar-refractivity contribution in [3.63, 3.8) is 0 Å². The van der Waals surface area contributed by atoms with E-state index in [1.165, 1.54) is 0 Å². The van der Waals surface area contributed by atoms with E-state index in [4.69, 9.17) is 0 Å². The third-order valence-corrected chi connectivity index (χ3v) is 5.81. The van der Waals surface area contributed by atoms with E-state index in [1.807, 2.05) is 43.9 Å². The monoisotopic (exact) mass is 374 g/mol. The molecule has 1 saturated heterocycles. The molecular weight excluding hydrogens is 348 g/mol. The van der Waals surface area contributed by atoms with E-state index in [-0.39, 0.29) is 17.9 Å². The molecule has 7 heteroatoms. The summed E-state index contributed by atoms with van der Waals surface area (Å²) in [5, 5.41) is 3.98. The number of urea groups is 1. The smallest absolute Gasteiger partial charge is 0.321 e. The number of aromatic nitrogens is 1. The fraction of sp³-hybridized carbons (Fsp3) is 0.526. The Morgan fingerprint density at radius 2 is 2.12 bits per heavy atom. The van der Waals surface area contributed by atoms with Gasteiger partial charge in [-0.3, -0.25) is 4.79 Å². The van der Waals surface area contributed by atoms with Crippen molar-refractivity contribution in [1.29, 1.82) is 0 Å². The SMILES string of the molecule is CCN(CC)C(=O)[C@H]1CCCN(C(=O)Nc2ccc3nc(C)sc3c2)C1. The van der Waals surface area contributed by atoms with E-state index >= 15 is 0 Å². The minimum atomic E-state index is -0.136. The number of carbonyl (C=O) groups excluding carboxylic acids is 2. The molecule has 0 bridgehead atoms. The number of aryl methyl sites for hydroxylation is 1. The number of carbonyl (C=O) groups is 2. The summed E-state index contributed by atoms with van der Waals surface area (Å²) in [6.45, 7) is 8.57. The lowest BCUT2D eigenvalue weighted by molar-refractivity contribution is -0.136. The molecule has 3 amide bonds. The summed E-state index contributed by atoms with van der Waals surface area (Å²) < 4.78 is 1.06. The van der Waals surface area contributed by atoms with E-state index in [0.29, 0.717) is 26.2 Å². The van der Waals surface area contributed by atoms with Crippen molar-refractivity contribution >= 4 is 39.2 Å². The van der Waals surface area contributed by atoms with Crippen LogP contribution in [0.3, 0.4) is 0 Å². The zero-order valence-electron chi connectivity index (χ0n) is 15.6. The van der Waals surface area contributed by atoms with Crippen LogP contribution in [0.15, 0.2) is 18.2 Å².